The maximum atomic E-state index is 11.0. The van der Waals surface area contributed by atoms with Gasteiger partial charge in [-0.3, -0.25) is 4.79 Å². The monoisotopic (exact) mass is 235 g/mol. The molecule has 0 N–H and O–H groups in total. The second-order valence-corrected chi connectivity index (χ2v) is 4.83. The lowest BCUT2D eigenvalue weighted by Gasteiger charge is -2.13. The third kappa shape index (κ3) is 5.84. The van der Waals surface area contributed by atoms with Crippen LogP contribution in [0.5, 0.6) is 0 Å². The molecule has 0 aliphatic heterocycles. The first kappa shape index (κ1) is 13.6. The van der Waals surface area contributed by atoms with Crippen molar-refractivity contribution in [2.45, 2.75) is 13.3 Å². The maximum Gasteiger partial charge on any atom is 0.333 e. The van der Waals surface area contributed by atoms with E-state index in [9.17, 15) is 18.0 Å². The zero-order chi connectivity index (χ0) is 12.1. The van der Waals surface area contributed by atoms with E-state index in [1.807, 2.05) is 0 Å². The number of sulfone groups is 1. The first-order valence-electron chi connectivity index (χ1n) is 4.09. The van der Waals surface area contributed by atoms with Crippen LogP contribution in [0.1, 0.15) is 13.3 Å². The number of carbonyl (C=O) groups is 2. The van der Waals surface area contributed by atoms with Crippen LogP contribution in [0.15, 0.2) is 12.0 Å². The number of carbonyl (C=O) groups excluding carboxylic acids is 2. The van der Waals surface area contributed by atoms with Gasteiger partial charge in [0.1, 0.15) is 0 Å². The van der Waals surface area contributed by atoms with Crippen molar-refractivity contribution < 1.29 is 22.8 Å². The molecule has 0 aromatic heterocycles. The van der Waals surface area contributed by atoms with Crippen LogP contribution in [0.4, 0.5) is 0 Å². The predicted molar refractivity (Wildman–Crippen MR) is 53.1 cm³/mol. The van der Waals surface area contributed by atoms with Gasteiger partial charge in [-0.05, 0) is 0 Å². The number of rotatable bonds is 4. The van der Waals surface area contributed by atoms with Crippen molar-refractivity contribution >= 4 is 21.7 Å². The predicted octanol–water partition coefficient (Wildman–Crippen LogP) is -0.129. The molecule has 86 valence electrons. The number of hydroxylamine groups is 2. The molecule has 0 aliphatic rings. The average molecular weight is 235 g/mol. The van der Waals surface area contributed by atoms with Crippen molar-refractivity contribution in [3.8, 4) is 0 Å². The molecule has 0 rings (SSSR count). The number of amides is 1. The summed E-state index contributed by atoms with van der Waals surface area (Å²) in [4.78, 5) is 26.2. The van der Waals surface area contributed by atoms with Crippen molar-refractivity contribution in [2.24, 2.45) is 0 Å². The largest absolute Gasteiger partial charge is 0.338 e. The van der Waals surface area contributed by atoms with E-state index in [2.05, 4.69) is 11.4 Å². The Labute approximate surface area is 88.4 Å². The quantitative estimate of drug-likeness (QED) is 0.634. The fourth-order valence-electron chi connectivity index (χ4n) is 0.572. The van der Waals surface area contributed by atoms with Crippen molar-refractivity contribution in [3.63, 3.8) is 0 Å². The minimum Gasteiger partial charge on any atom is -0.338 e. The summed E-state index contributed by atoms with van der Waals surface area (Å²) in [6, 6.07) is 0. The average Bonchev–Trinajstić information content (AvgIpc) is 2.15. The van der Waals surface area contributed by atoms with Gasteiger partial charge in [-0.15, -0.1) is 0 Å². The Morgan fingerprint density at radius 3 is 2.40 bits per heavy atom. The zero-order valence-corrected chi connectivity index (χ0v) is 9.41. The molecule has 0 saturated carbocycles. The van der Waals surface area contributed by atoms with Crippen molar-refractivity contribution in [1.82, 2.24) is 5.06 Å². The summed E-state index contributed by atoms with van der Waals surface area (Å²) in [5.74, 6) is -1.60. The summed E-state index contributed by atoms with van der Waals surface area (Å²) < 4.78 is 21.8. The van der Waals surface area contributed by atoms with Crippen molar-refractivity contribution in [1.29, 1.82) is 0 Å². The summed E-state index contributed by atoms with van der Waals surface area (Å²) in [5.41, 5.74) is 0. The second kappa shape index (κ2) is 5.50. The third-order valence-electron chi connectivity index (χ3n) is 1.53. The molecular formula is C8H13NO5S. The summed E-state index contributed by atoms with van der Waals surface area (Å²) in [7, 11) is -2.14. The summed E-state index contributed by atoms with van der Waals surface area (Å²) in [5, 5.41) is 1.51. The van der Waals surface area contributed by atoms with E-state index in [-0.39, 0.29) is 12.2 Å². The molecule has 0 unspecified atom stereocenters. The SMILES string of the molecule is C=CS(=O)(=O)CCC(=O)ON(C)C(C)=O. The van der Waals surface area contributed by atoms with Crippen LogP contribution < -0.4 is 0 Å². The van der Waals surface area contributed by atoms with Crippen LogP contribution in [0.2, 0.25) is 0 Å². The molecule has 0 bridgehead atoms. The van der Waals surface area contributed by atoms with Gasteiger partial charge in [0.25, 0.3) is 5.91 Å². The minimum absolute atomic E-state index is 0.314. The van der Waals surface area contributed by atoms with Gasteiger partial charge >= 0.3 is 5.97 Å². The van der Waals surface area contributed by atoms with Gasteiger partial charge in [-0.1, -0.05) is 6.58 Å². The Morgan fingerprint density at radius 2 is 2.00 bits per heavy atom. The first-order valence-corrected chi connectivity index (χ1v) is 5.80. The standard InChI is InChI=1S/C8H13NO5S/c1-4-15(12,13)6-5-8(11)14-9(3)7(2)10/h4H,1,5-6H2,2-3H3. The number of nitrogens with zero attached hydrogens (tertiary/aromatic N) is 1. The molecule has 0 saturated heterocycles. The van der Waals surface area contributed by atoms with Crippen LogP contribution in [-0.4, -0.2) is 38.2 Å². The molecule has 1 amide bonds. The van der Waals surface area contributed by atoms with Crippen LogP contribution in [-0.2, 0) is 24.3 Å². The topological polar surface area (TPSA) is 80.8 Å². The fraction of sp³-hybridized carbons (Fsp3) is 0.500. The lowest BCUT2D eigenvalue weighted by molar-refractivity contribution is -0.191. The highest BCUT2D eigenvalue weighted by Gasteiger charge is 2.14. The molecular weight excluding hydrogens is 222 g/mol. The minimum atomic E-state index is -3.41. The maximum absolute atomic E-state index is 11.0. The fourth-order valence-corrected chi connectivity index (χ4v) is 1.19. The van der Waals surface area contributed by atoms with Crippen LogP contribution in [0.25, 0.3) is 0 Å². The summed E-state index contributed by atoms with van der Waals surface area (Å²) in [6.07, 6.45) is -0.314. The van der Waals surface area contributed by atoms with Crippen molar-refractivity contribution in [2.75, 3.05) is 12.8 Å². The van der Waals surface area contributed by atoms with E-state index >= 15 is 0 Å². The highest BCUT2D eigenvalue weighted by atomic mass is 32.2. The van der Waals surface area contributed by atoms with E-state index < -0.39 is 21.7 Å². The molecule has 0 aromatic rings. The molecule has 15 heavy (non-hydrogen) atoms. The normalized spacial score (nSPS) is 10.5. The molecule has 0 aliphatic carbocycles. The Morgan fingerprint density at radius 1 is 1.47 bits per heavy atom. The van der Waals surface area contributed by atoms with Crippen LogP contribution in [0.3, 0.4) is 0 Å². The molecule has 0 atom stereocenters. The van der Waals surface area contributed by atoms with Gasteiger partial charge in [-0.25, -0.2) is 13.2 Å². The molecule has 0 aromatic carbocycles. The smallest absolute Gasteiger partial charge is 0.333 e. The van der Waals surface area contributed by atoms with E-state index in [1.54, 1.807) is 0 Å². The lowest BCUT2D eigenvalue weighted by atomic mass is 10.5. The number of hydrogen-bond donors (Lipinski definition) is 0. The highest BCUT2D eigenvalue weighted by Crippen LogP contribution is 1.98. The van der Waals surface area contributed by atoms with Gasteiger partial charge in [-0.2, -0.15) is 5.06 Å². The Hall–Kier alpha value is -1.37. The van der Waals surface area contributed by atoms with Gasteiger partial charge in [0, 0.05) is 19.4 Å². The molecule has 0 fully saturated rings. The van der Waals surface area contributed by atoms with Crippen LogP contribution >= 0.6 is 0 Å². The molecule has 7 heteroatoms. The van der Waals surface area contributed by atoms with E-state index in [0.29, 0.717) is 0 Å². The molecule has 6 nitrogen and oxygen atoms in total. The molecule has 0 radical (unpaired) electrons. The van der Waals surface area contributed by atoms with Crippen molar-refractivity contribution in [3.05, 3.63) is 12.0 Å². The van der Waals surface area contributed by atoms with Crippen LogP contribution in [0, 0.1) is 0 Å². The van der Waals surface area contributed by atoms with E-state index in [4.69, 9.17) is 0 Å². The van der Waals surface area contributed by atoms with E-state index in [0.717, 1.165) is 10.5 Å². The lowest BCUT2D eigenvalue weighted by Crippen LogP contribution is -2.28. The summed E-state index contributed by atoms with van der Waals surface area (Å²) in [6.45, 7) is 4.31. The Balaban J connectivity index is 4.07. The highest BCUT2D eigenvalue weighted by molar-refractivity contribution is 7.94. The first-order chi connectivity index (χ1) is 6.78. The molecule has 0 heterocycles. The Bertz CT molecular complexity index is 359. The molecule has 0 spiro atoms. The Kier molecular flexibility index (Phi) is 4.99. The van der Waals surface area contributed by atoms with Gasteiger partial charge in [0.05, 0.1) is 12.2 Å². The number of hydrogen-bond acceptors (Lipinski definition) is 5. The third-order valence-corrected chi connectivity index (χ3v) is 2.81. The second-order valence-electron chi connectivity index (χ2n) is 2.76. The summed E-state index contributed by atoms with van der Waals surface area (Å²) >= 11 is 0. The van der Waals surface area contributed by atoms with Gasteiger partial charge < -0.3 is 4.84 Å². The van der Waals surface area contributed by atoms with Gasteiger partial charge in [0.2, 0.25) is 0 Å². The van der Waals surface area contributed by atoms with E-state index in [1.165, 1.54) is 14.0 Å². The zero-order valence-electron chi connectivity index (χ0n) is 8.60. The van der Waals surface area contributed by atoms with Gasteiger partial charge in [0.15, 0.2) is 9.84 Å².